The number of rotatable bonds is 30. The largest absolute Gasteiger partial charge is 0.493 e. The average Bonchev–Trinajstić information content (AvgIpc) is 3.74. The number of unbranched alkanes of at least 4 members (excludes halogenated alkanes) is 18. The van der Waals surface area contributed by atoms with E-state index in [1.54, 1.807) is 24.3 Å². The molecule has 10 heteroatoms. The van der Waals surface area contributed by atoms with Crippen molar-refractivity contribution in [2.75, 3.05) is 13.2 Å². The molecule has 2 aromatic carbocycles. The van der Waals surface area contributed by atoms with Crippen LogP contribution >= 0.6 is 0 Å². The normalized spacial score (nSPS) is 11.4. The molecule has 0 fully saturated rings. The van der Waals surface area contributed by atoms with Crippen molar-refractivity contribution in [3.05, 3.63) is 36.4 Å². The first kappa shape index (κ1) is 41.7. The average molecular weight is 735 g/mol. The van der Waals surface area contributed by atoms with Gasteiger partial charge in [-0.15, -0.1) is 0 Å². The summed E-state index contributed by atoms with van der Waals surface area (Å²) in [7, 11) is 0. The van der Waals surface area contributed by atoms with Gasteiger partial charge in [0.15, 0.2) is 11.2 Å². The van der Waals surface area contributed by atoms with Crippen LogP contribution in [0.5, 0.6) is 23.7 Å². The van der Waals surface area contributed by atoms with Crippen molar-refractivity contribution in [3.8, 4) is 23.7 Å². The monoisotopic (exact) mass is 734 g/mol. The summed E-state index contributed by atoms with van der Waals surface area (Å²) in [5.41, 5.74) is 2.08. The molecule has 0 amide bonds. The van der Waals surface area contributed by atoms with E-state index in [1.165, 1.54) is 103 Å². The first-order valence-corrected chi connectivity index (χ1v) is 20.5. The maximum absolute atomic E-state index is 12.4. The van der Waals surface area contributed by atoms with Crippen LogP contribution in [0.25, 0.3) is 22.2 Å². The number of hydrogen-bond acceptors (Lipinski definition) is 10. The summed E-state index contributed by atoms with van der Waals surface area (Å²) in [6, 6.07) is 10.7. The van der Waals surface area contributed by atoms with Gasteiger partial charge in [0.2, 0.25) is 0 Å². The molecule has 10 nitrogen and oxygen atoms in total. The third-order valence-electron chi connectivity index (χ3n) is 9.38. The zero-order valence-electron chi connectivity index (χ0n) is 32.3. The van der Waals surface area contributed by atoms with E-state index in [2.05, 4.69) is 23.8 Å². The summed E-state index contributed by atoms with van der Waals surface area (Å²) in [4.78, 5) is 33.3. The fraction of sp³-hybridized carbons (Fsp3) is 0.628. The van der Waals surface area contributed by atoms with Gasteiger partial charge in [0.1, 0.15) is 22.5 Å². The van der Waals surface area contributed by atoms with E-state index in [0.717, 1.165) is 25.7 Å². The van der Waals surface area contributed by atoms with Crippen LogP contribution in [0.2, 0.25) is 0 Å². The van der Waals surface area contributed by atoms with Gasteiger partial charge < -0.3 is 27.8 Å². The van der Waals surface area contributed by atoms with Gasteiger partial charge in [-0.1, -0.05) is 129 Å². The number of oxazole rings is 2. The molecule has 0 saturated carbocycles. The summed E-state index contributed by atoms with van der Waals surface area (Å²) >= 11 is 0. The number of nitrogens with zero attached hydrogens (tertiary/aromatic N) is 2. The van der Waals surface area contributed by atoms with Gasteiger partial charge in [-0.3, -0.25) is 9.59 Å². The van der Waals surface area contributed by atoms with Crippen LogP contribution < -0.4 is 18.9 Å². The lowest BCUT2D eigenvalue weighted by molar-refractivity contribution is -0.137. The molecule has 0 unspecified atom stereocenters. The maximum atomic E-state index is 12.4. The number of ether oxygens (including phenoxy) is 4. The molecular weight excluding hydrogens is 672 g/mol. The minimum atomic E-state index is -0.561. The number of benzene rings is 2. The van der Waals surface area contributed by atoms with E-state index in [0.29, 0.717) is 46.9 Å². The quantitative estimate of drug-likeness (QED) is 0.0377. The molecule has 0 saturated heterocycles. The Morgan fingerprint density at radius 2 is 0.849 bits per heavy atom. The lowest BCUT2D eigenvalue weighted by atomic mass is 10.1. The Balaban J connectivity index is 1.06. The van der Waals surface area contributed by atoms with E-state index >= 15 is 0 Å². The smallest absolute Gasteiger partial charge is 0.402 e. The molecule has 2 heterocycles. The third-order valence-corrected chi connectivity index (χ3v) is 9.38. The highest BCUT2D eigenvalue weighted by Crippen LogP contribution is 2.27. The van der Waals surface area contributed by atoms with Crippen molar-refractivity contribution < 1.29 is 37.4 Å². The van der Waals surface area contributed by atoms with E-state index in [1.807, 2.05) is 12.1 Å². The molecule has 2 aromatic heterocycles. The lowest BCUT2D eigenvalue weighted by Crippen LogP contribution is -2.11. The molecule has 0 spiro atoms. The van der Waals surface area contributed by atoms with Crippen LogP contribution in [0.1, 0.15) is 162 Å². The second-order valence-electron chi connectivity index (χ2n) is 14.1. The fourth-order valence-electron chi connectivity index (χ4n) is 6.27. The van der Waals surface area contributed by atoms with Gasteiger partial charge in [0, 0.05) is 25.0 Å². The third kappa shape index (κ3) is 16.6. The first-order chi connectivity index (χ1) is 26.0. The minimum absolute atomic E-state index is 0.0195. The van der Waals surface area contributed by atoms with Crippen LogP contribution in [0.4, 0.5) is 0 Å². The maximum Gasteiger partial charge on any atom is 0.402 e. The predicted octanol–water partition coefficient (Wildman–Crippen LogP) is 12.2. The molecule has 53 heavy (non-hydrogen) atoms. The lowest BCUT2D eigenvalue weighted by Gasteiger charge is -2.06. The second-order valence-corrected chi connectivity index (χ2v) is 14.1. The van der Waals surface area contributed by atoms with Crippen LogP contribution in [-0.4, -0.2) is 35.1 Å². The summed E-state index contributed by atoms with van der Waals surface area (Å²) in [6.45, 7) is 5.78. The van der Waals surface area contributed by atoms with E-state index in [9.17, 15) is 9.59 Å². The molecular formula is C43H62N2O8. The van der Waals surface area contributed by atoms with Crippen LogP contribution in [0, 0.1) is 0 Å². The van der Waals surface area contributed by atoms with Crippen LogP contribution in [-0.2, 0) is 9.59 Å². The van der Waals surface area contributed by atoms with Gasteiger partial charge in [-0.25, -0.2) is 0 Å². The van der Waals surface area contributed by atoms with E-state index < -0.39 is 11.9 Å². The van der Waals surface area contributed by atoms with Crippen LogP contribution in [0.3, 0.4) is 0 Å². The summed E-state index contributed by atoms with van der Waals surface area (Å²) < 4.78 is 33.6. The highest BCUT2D eigenvalue weighted by Gasteiger charge is 2.16. The highest BCUT2D eigenvalue weighted by atomic mass is 16.6. The first-order valence-electron chi connectivity index (χ1n) is 20.5. The Labute approximate surface area is 315 Å². The standard InChI is InChI=1S/C43H62N2O8/c1-3-5-7-9-11-13-15-17-19-21-30-48-34-26-28-36-38(32-34)50-42(44-36)52-40(46)24-23-25-41(47)53-43-45-37-29-27-35(33-39(37)51-43)49-31-22-20-18-16-14-12-10-8-6-4-2/h26-29,32-33H,3-25,30-31H2,1-2H3. The van der Waals surface area contributed by atoms with Crippen molar-refractivity contribution in [2.45, 2.75) is 162 Å². The number of esters is 2. The Hall–Kier alpha value is -4.08. The van der Waals surface area contributed by atoms with Crippen molar-refractivity contribution in [1.29, 1.82) is 0 Å². The molecule has 0 aliphatic rings. The SMILES string of the molecule is CCCCCCCCCCCCOc1ccc2nc(OC(=O)CCCC(=O)Oc3nc4ccc(OCCCCCCCCCCCC)cc4o3)oc2c1. The van der Waals surface area contributed by atoms with E-state index in [-0.39, 0.29) is 31.4 Å². The van der Waals surface area contributed by atoms with Gasteiger partial charge in [0.25, 0.3) is 0 Å². The van der Waals surface area contributed by atoms with Crippen molar-refractivity contribution in [1.82, 2.24) is 9.97 Å². The number of carbonyl (C=O) groups excluding carboxylic acids is 2. The molecule has 292 valence electrons. The van der Waals surface area contributed by atoms with Gasteiger partial charge in [-0.2, -0.15) is 9.97 Å². The Kier molecular flexibility index (Phi) is 19.7. The summed E-state index contributed by atoms with van der Waals surface area (Å²) in [6.07, 6.45) is 25.4. The fourth-order valence-corrected chi connectivity index (χ4v) is 6.27. The molecule has 0 N–H and O–H groups in total. The Morgan fingerprint density at radius 1 is 0.491 bits per heavy atom. The molecule has 0 aliphatic carbocycles. The van der Waals surface area contributed by atoms with Crippen molar-refractivity contribution in [3.63, 3.8) is 0 Å². The van der Waals surface area contributed by atoms with Gasteiger partial charge in [0.05, 0.1) is 13.2 Å². The highest BCUT2D eigenvalue weighted by molar-refractivity contribution is 5.78. The number of aromatic nitrogens is 2. The molecule has 4 aromatic rings. The van der Waals surface area contributed by atoms with Gasteiger partial charge >= 0.3 is 24.1 Å². The Morgan fingerprint density at radius 3 is 1.23 bits per heavy atom. The van der Waals surface area contributed by atoms with Crippen molar-refractivity contribution >= 4 is 34.1 Å². The topological polar surface area (TPSA) is 123 Å². The van der Waals surface area contributed by atoms with Gasteiger partial charge in [-0.05, 0) is 43.5 Å². The number of hydrogen-bond donors (Lipinski definition) is 0. The zero-order chi connectivity index (χ0) is 37.4. The summed E-state index contributed by atoms with van der Waals surface area (Å²) in [5, 5.41) is 0. The van der Waals surface area contributed by atoms with Crippen LogP contribution in [0.15, 0.2) is 45.2 Å². The van der Waals surface area contributed by atoms with Crippen molar-refractivity contribution in [2.24, 2.45) is 0 Å². The predicted molar refractivity (Wildman–Crippen MR) is 208 cm³/mol. The molecule has 0 aliphatic heterocycles. The Bertz CT molecular complexity index is 1490. The zero-order valence-corrected chi connectivity index (χ0v) is 32.3. The molecule has 0 atom stereocenters. The molecule has 4 rings (SSSR count). The second kappa shape index (κ2) is 25.0. The minimum Gasteiger partial charge on any atom is -0.493 e. The molecule has 0 radical (unpaired) electrons. The number of fused-ring (bicyclic) bond motifs is 2. The number of carbonyl (C=O) groups is 2. The van der Waals surface area contributed by atoms with E-state index in [4.69, 9.17) is 27.8 Å². The summed E-state index contributed by atoms with van der Waals surface area (Å²) in [5.74, 6) is 0.254. The molecule has 0 bridgehead atoms.